The number of hydrogen-bond donors (Lipinski definition) is 4. The number of unbranched alkanes of at least 4 members (excludes halogenated alkanes) is 11. The monoisotopic (exact) mass is 732 g/mol. The van der Waals surface area contributed by atoms with Crippen molar-refractivity contribution in [1.82, 2.24) is 9.78 Å². The van der Waals surface area contributed by atoms with E-state index in [9.17, 15) is 9.90 Å². The van der Waals surface area contributed by atoms with Gasteiger partial charge >= 0.3 is 5.56 Å². The van der Waals surface area contributed by atoms with E-state index in [-0.39, 0.29) is 33.0 Å². The molecule has 0 fully saturated rings. The number of anilines is 3. The smallest absolute Gasteiger partial charge is 0.301 e. The number of phenols is 1. The van der Waals surface area contributed by atoms with Crippen molar-refractivity contribution in [2.75, 3.05) is 17.2 Å². The van der Waals surface area contributed by atoms with Crippen LogP contribution in [0.5, 0.6) is 5.75 Å². The lowest BCUT2D eigenvalue weighted by atomic mass is 10.1. The molecule has 0 saturated carbocycles. The van der Waals surface area contributed by atoms with Gasteiger partial charge in [0, 0.05) is 17.3 Å². The molecule has 0 bridgehead atoms. The summed E-state index contributed by atoms with van der Waals surface area (Å²) in [6.45, 7) is 4.84. The molecule has 8 nitrogen and oxygen atoms in total. The lowest BCUT2D eigenvalue weighted by molar-refractivity contribution is 0.471. The number of azo groups is 1. The summed E-state index contributed by atoms with van der Waals surface area (Å²) in [5.74, 6) is 0.357. The molecule has 4 N–H and O–H groups in total. The van der Waals surface area contributed by atoms with E-state index in [1.165, 1.54) is 93.5 Å². The molecule has 0 aliphatic rings. The molecule has 1 aromatic heterocycles. The normalized spacial score (nSPS) is 11.5. The summed E-state index contributed by atoms with van der Waals surface area (Å²) in [6.07, 6.45) is 15.6. The van der Waals surface area contributed by atoms with Gasteiger partial charge in [-0.2, -0.15) is 5.11 Å². The first-order chi connectivity index (χ1) is 23.2. The van der Waals surface area contributed by atoms with Crippen LogP contribution in [0.25, 0.3) is 5.69 Å². The summed E-state index contributed by atoms with van der Waals surface area (Å²) < 4.78 is 1.18. The minimum absolute atomic E-state index is 0.0336. The number of nitrogens with zero attached hydrogens (tertiary/aromatic N) is 3. The Kier molecular flexibility index (Phi) is 15.0. The first-order valence-corrected chi connectivity index (χ1v) is 18.2. The Morgan fingerprint density at radius 1 is 0.771 bits per heavy atom. The molecule has 3 aromatic carbocycles. The fourth-order valence-corrected chi connectivity index (χ4v) is 6.54. The first-order valence-electron chi connectivity index (χ1n) is 16.7. The second-order valence-corrected chi connectivity index (χ2v) is 13.7. The molecule has 0 saturated heterocycles. The van der Waals surface area contributed by atoms with Crippen molar-refractivity contribution in [1.29, 1.82) is 0 Å². The number of phenolic OH excluding ortho intramolecular Hbond substituents is 1. The minimum atomic E-state index is -0.555. The van der Waals surface area contributed by atoms with Crippen molar-refractivity contribution in [3.8, 4) is 11.4 Å². The molecule has 0 amide bonds. The summed E-state index contributed by atoms with van der Waals surface area (Å²) in [6, 6.07) is 13.3. The van der Waals surface area contributed by atoms with Gasteiger partial charge in [-0.05, 0) is 67.4 Å². The van der Waals surface area contributed by atoms with Crippen molar-refractivity contribution in [3.05, 3.63) is 84.5 Å². The van der Waals surface area contributed by atoms with Gasteiger partial charge in [0.15, 0.2) is 11.5 Å². The molecule has 48 heavy (non-hydrogen) atoms. The highest BCUT2D eigenvalue weighted by Gasteiger charge is 2.21. The SMILES string of the molecule is CCCCCCCCCCCCCCNc1ccc(Cl)c(Nc2[nH]n(-c3c(Cl)cc(Cl)cc3Cl)c(=O)c2/N=N/c2ccc(O)c(C)c2)c1. The summed E-state index contributed by atoms with van der Waals surface area (Å²) in [5, 5.41) is 29.3. The summed E-state index contributed by atoms with van der Waals surface area (Å²) >= 11 is 25.6. The topological polar surface area (TPSA) is 107 Å². The average molecular weight is 735 g/mol. The van der Waals surface area contributed by atoms with E-state index in [4.69, 9.17) is 46.4 Å². The van der Waals surface area contributed by atoms with Crippen molar-refractivity contribution in [3.63, 3.8) is 0 Å². The van der Waals surface area contributed by atoms with E-state index in [2.05, 4.69) is 32.9 Å². The molecular weight excluding hydrogens is 690 g/mol. The number of rotatable bonds is 19. The summed E-state index contributed by atoms with van der Waals surface area (Å²) in [5.41, 5.74) is 2.13. The van der Waals surface area contributed by atoms with Gasteiger partial charge in [-0.1, -0.05) is 124 Å². The third-order valence-corrected chi connectivity index (χ3v) is 9.23. The van der Waals surface area contributed by atoms with E-state index in [0.717, 1.165) is 18.7 Å². The quantitative estimate of drug-likeness (QED) is 0.0568. The van der Waals surface area contributed by atoms with Gasteiger partial charge in [-0.25, -0.2) is 4.68 Å². The molecule has 0 spiro atoms. The molecule has 0 aliphatic carbocycles. The average Bonchev–Trinajstić information content (AvgIpc) is 3.34. The zero-order valence-corrected chi connectivity index (χ0v) is 30.5. The van der Waals surface area contributed by atoms with Gasteiger partial charge < -0.3 is 15.7 Å². The zero-order chi connectivity index (χ0) is 34.5. The molecular formula is C36H44Cl4N6O2. The van der Waals surface area contributed by atoms with Crippen LogP contribution in [0.4, 0.5) is 28.6 Å². The number of benzene rings is 3. The van der Waals surface area contributed by atoms with Crippen LogP contribution in [0.3, 0.4) is 0 Å². The lowest BCUT2D eigenvalue weighted by Gasteiger charge is -2.12. The molecule has 12 heteroatoms. The van der Waals surface area contributed by atoms with E-state index in [1.807, 2.05) is 12.1 Å². The number of halogens is 4. The van der Waals surface area contributed by atoms with Crippen LogP contribution in [0.2, 0.25) is 20.1 Å². The van der Waals surface area contributed by atoms with E-state index in [1.54, 1.807) is 25.1 Å². The van der Waals surface area contributed by atoms with Gasteiger partial charge in [0.2, 0.25) is 0 Å². The number of aromatic hydroxyl groups is 1. The Labute approximate surface area is 302 Å². The highest BCUT2D eigenvalue weighted by Crippen LogP contribution is 2.35. The second kappa shape index (κ2) is 19.1. The van der Waals surface area contributed by atoms with Gasteiger partial charge in [-0.3, -0.25) is 9.89 Å². The molecule has 0 atom stereocenters. The number of H-pyrrole nitrogens is 1. The molecule has 0 radical (unpaired) electrons. The predicted octanol–water partition coefficient (Wildman–Crippen LogP) is 13.1. The van der Waals surface area contributed by atoms with E-state index < -0.39 is 5.56 Å². The van der Waals surface area contributed by atoms with Crippen LogP contribution in [-0.2, 0) is 0 Å². The first kappa shape index (κ1) is 37.6. The molecule has 1 heterocycles. The van der Waals surface area contributed by atoms with Crippen LogP contribution >= 0.6 is 46.4 Å². The Bertz CT molecular complexity index is 1710. The predicted molar refractivity (Wildman–Crippen MR) is 203 cm³/mol. The van der Waals surface area contributed by atoms with Crippen molar-refractivity contribution < 1.29 is 5.11 Å². The van der Waals surface area contributed by atoms with Crippen LogP contribution in [0.1, 0.15) is 89.5 Å². The number of aromatic amines is 1. The minimum Gasteiger partial charge on any atom is -0.508 e. The highest BCUT2D eigenvalue weighted by atomic mass is 35.5. The number of hydrogen-bond acceptors (Lipinski definition) is 6. The van der Waals surface area contributed by atoms with E-state index >= 15 is 0 Å². The standard InChI is InChI=1S/C36H44Cl4N6O2/c1-3-4-5-6-7-8-9-10-11-12-13-14-19-41-26-15-17-28(38)31(23-26)42-35-33(44-43-27-16-18-32(47)24(2)20-27)36(48)46(45-35)34-29(39)21-25(37)22-30(34)40/h15-18,20-23,41-42,45,47H,3-14,19H2,1-2H3/b44-43+. The van der Waals surface area contributed by atoms with Crippen LogP contribution in [0.15, 0.2) is 63.6 Å². The van der Waals surface area contributed by atoms with Gasteiger partial charge in [0.1, 0.15) is 11.4 Å². The van der Waals surface area contributed by atoms with E-state index in [0.29, 0.717) is 27.0 Å². The fraction of sp³-hybridized carbons (Fsp3) is 0.417. The van der Waals surface area contributed by atoms with Crippen molar-refractivity contribution in [2.24, 2.45) is 10.2 Å². The second-order valence-electron chi connectivity index (χ2n) is 12.0. The molecule has 0 aliphatic heterocycles. The Hall–Kier alpha value is -3.17. The Morgan fingerprint density at radius 2 is 1.40 bits per heavy atom. The molecule has 0 unspecified atom stereocenters. The van der Waals surface area contributed by atoms with Crippen molar-refractivity contribution in [2.45, 2.75) is 90.9 Å². The maximum Gasteiger partial charge on any atom is 0.301 e. The maximum absolute atomic E-state index is 13.7. The Balaban J connectivity index is 1.43. The largest absolute Gasteiger partial charge is 0.508 e. The third-order valence-electron chi connectivity index (χ3n) is 8.10. The number of aryl methyl sites for hydroxylation is 1. The Morgan fingerprint density at radius 3 is 2.02 bits per heavy atom. The molecule has 258 valence electrons. The van der Waals surface area contributed by atoms with Gasteiger partial charge in [-0.15, -0.1) is 5.11 Å². The van der Waals surface area contributed by atoms with Gasteiger partial charge in [0.05, 0.1) is 26.4 Å². The maximum atomic E-state index is 13.7. The van der Waals surface area contributed by atoms with Crippen molar-refractivity contribution >= 4 is 75.0 Å². The molecule has 4 aromatic rings. The fourth-order valence-electron chi connectivity index (χ4n) is 5.39. The summed E-state index contributed by atoms with van der Waals surface area (Å²) in [4.78, 5) is 13.7. The van der Waals surface area contributed by atoms with Gasteiger partial charge in [0.25, 0.3) is 0 Å². The highest BCUT2D eigenvalue weighted by molar-refractivity contribution is 6.40. The van der Waals surface area contributed by atoms with Crippen LogP contribution in [-0.4, -0.2) is 21.4 Å². The zero-order valence-electron chi connectivity index (χ0n) is 27.5. The number of aromatic nitrogens is 2. The third kappa shape index (κ3) is 10.9. The van der Waals surface area contributed by atoms with Crippen LogP contribution < -0.4 is 16.2 Å². The molecule has 4 rings (SSSR count). The lowest BCUT2D eigenvalue weighted by Crippen LogP contribution is -2.15. The number of nitrogens with one attached hydrogen (secondary N) is 3. The van der Waals surface area contributed by atoms with Crippen LogP contribution in [0, 0.1) is 6.92 Å². The summed E-state index contributed by atoms with van der Waals surface area (Å²) in [7, 11) is 0.